The van der Waals surface area contributed by atoms with Crippen molar-refractivity contribution in [2.75, 3.05) is 0 Å². The van der Waals surface area contributed by atoms with E-state index in [1.54, 1.807) is 6.07 Å². The van der Waals surface area contributed by atoms with Crippen LogP contribution in [0, 0.1) is 0 Å². The van der Waals surface area contributed by atoms with Crippen molar-refractivity contribution in [1.29, 1.82) is 0 Å². The quantitative estimate of drug-likeness (QED) is 0.639. The van der Waals surface area contributed by atoms with Gasteiger partial charge in [-0.05, 0) is 49.6 Å². The molecule has 2 aliphatic heterocycles. The van der Waals surface area contributed by atoms with Crippen LogP contribution in [-0.2, 0) is 0 Å². The second kappa shape index (κ2) is 7.13. The first kappa shape index (κ1) is 17.0. The number of nitrogens with zero attached hydrogens (tertiary/aromatic N) is 1. The van der Waals surface area contributed by atoms with Crippen LogP contribution < -0.4 is 15.4 Å². The summed E-state index contributed by atoms with van der Waals surface area (Å²) in [4.78, 5) is 12.7. The number of fused-ring (bicyclic) bond motifs is 2. The summed E-state index contributed by atoms with van der Waals surface area (Å²) >= 11 is 0. The summed E-state index contributed by atoms with van der Waals surface area (Å²) in [5.74, 6) is 1.34. The van der Waals surface area contributed by atoms with Crippen molar-refractivity contribution >= 4 is 5.91 Å². The molecule has 0 radical (unpaired) electrons. The highest BCUT2D eigenvalue weighted by Crippen LogP contribution is 2.32. The molecule has 1 amide bonds. The zero-order valence-electron chi connectivity index (χ0n) is 15.4. The molecular weight excluding hydrogens is 352 g/mol. The number of amides is 1. The lowest BCUT2D eigenvalue weighted by Gasteiger charge is -2.20. The maximum Gasteiger partial charge on any atom is 0.269 e. The van der Waals surface area contributed by atoms with E-state index in [1.165, 1.54) is 6.42 Å². The summed E-state index contributed by atoms with van der Waals surface area (Å²) in [6, 6.07) is 20.2. The molecule has 2 fully saturated rings. The zero-order valence-corrected chi connectivity index (χ0v) is 15.4. The maximum atomic E-state index is 12.7. The van der Waals surface area contributed by atoms with E-state index in [-0.39, 0.29) is 11.9 Å². The number of benzene rings is 2. The van der Waals surface area contributed by atoms with Crippen LogP contribution in [0.1, 0.15) is 29.8 Å². The number of ether oxygens (including phenoxy) is 1. The molecule has 6 nitrogen and oxygen atoms in total. The minimum Gasteiger partial charge on any atom is -0.457 e. The van der Waals surface area contributed by atoms with Crippen molar-refractivity contribution in [3.05, 3.63) is 66.4 Å². The lowest BCUT2D eigenvalue weighted by molar-refractivity contribution is 0.0926. The van der Waals surface area contributed by atoms with E-state index in [0.717, 1.165) is 24.2 Å². The topological polar surface area (TPSA) is 79.0 Å². The summed E-state index contributed by atoms with van der Waals surface area (Å²) in [5, 5.41) is 13.9. The normalized spacial score (nSPS) is 22.9. The average molecular weight is 374 g/mol. The molecule has 28 heavy (non-hydrogen) atoms. The Morgan fingerprint density at radius 2 is 1.89 bits per heavy atom. The van der Waals surface area contributed by atoms with Gasteiger partial charge in [0.15, 0.2) is 0 Å². The lowest BCUT2D eigenvalue weighted by Crippen LogP contribution is -2.43. The number of carbonyl (C=O) groups is 1. The van der Waals surface area contributed by atoms with E-state index in [1.807, 2.05) is 54.6 Å². The predicted molar refractivity (Wildman–Crippen MR) is 106 cm³/mol. The average Bonchev–Trinajstić information content (AvgIpc) is 3.46. The molecule has 3 atom stereocenters. The molecule has 3 N–H and O–H groups in total. The number of nitrogens with one attached hydrogen (secondary N) is 3. The predicted octanol–water partition coefficient (Wildman–Crippen LogP) is 3.49. The fourth-order valence-corrected chi connectivity index (χ4v) is 4.19. The molecule has 142 valence electrons. The van der Waals surface area contributed by atoms with Gasteiger partial charge in [0.25, 0.3) is 5.91 Å². The number of hydrogen-bond acceptors (Lipinski definition) is 4. The number of aromatic amines is 1. The fraction of sp³-hybridized carbons (Fsp3) is 0.273. The summed E-state index contributed by atoms with van der Waals surface area (Å²) < 4.78 is 6.01. The Kier molecular flexibility index (Phi) is 4.33. The minimum atomic E-state index is -0.112. The molecule has 0 spiro atoms. The van der Waals surface area contributed by atoms with Crippen molar-refractivity contribution in [2.24, 2.45) is 0 Å². The first-order chi connectivity index (χ1) is 13.8. The van der Waals surface area contributed by atoms with E-state index in [4.69, 9.17) is 4.74 Å². The van der Waals surface area contributed by atoms with Gasteiger partial charge in [0, 0.05) is 23.7 Å². The van der Waals surface area contributed by atoms with Crippen LogP contribution in [0.15, 0.2) is 60.7 Å². The third-order valence-electron chi connectivity index (χ3n) is 5.57. The van der Waals surface area contributed by atoms with Crippen molar-refractivity contribution < 1.29 is 9.53 Å². The van der Waals surface area contributed by atoms with Crippen LogP contribution in [0.3, 0.4) is 0 Å². The first-order valence-corrected chi connectivity index (χ1v) is 9.71. The largest absolute Gasteiger partial charge is 0.457 e. The number of rotatable bonds is 5. The third-order valence-corrected chi connectivity index (χ3v) is 5.57. The second-order valence-electron chi connectivity index (χ2n) is 7.44. The van der Waals surface area contributed by atoms with Gasteiger partial charge >= 0.3 is 0 Å². The number of carbonyl (C=O) groups excluding carboxylic acids is 1. The van der Waals surface area contributed by atoms with Gasteiger partial charge in [-0.1, -0.05) is 30.3 Å². The van der Waals surface area contributed by atoms with Crippen molar-refractivity contribution in [2.45, 2.75) is 37.4 Å². The molecule has 2 aromatic carbocycles. The molecule has 2 bridgehead atoms. The highest BCUT2D eigenvalue weighted by Gasteiger charge is 2.39. The standard InChI is InChI=1S/C22H22N4O2/c27-22(24-19-12-14-10-11-17(19)23-14)20-13-18(25-26-20)16-8-4-5-9-21(16)28-15-6-2-1-3-7-15/h1-9,13-14,17,19,23H,10-12H2,(H,24,27)(H,25,26)/t14-,17+,19+/m1/s1. The van der Waals surface area contributed by atoms with Gasteiger partial charge < -0.3 is 15.4 Å². The van der Waals surface area contributed by atoms with E-state index in [2.05, 4.69) is 20.8 Å². The molecule has 2 aliphatic rings. The molecule has 2 saturated heterocycles. The SMILES string of the molecule is O=C(N[C@H]1C[C@H]2CC[C@@H]1N2)c1cc(-c2ccccc2Oc2ccccc2)n[nH]1. The molecule has 0 aliphatic carbocycles. The Labute approximate surface area is 163 Å². The van der Waals surface area contributed by atoms with E-state index < -0.39 is 0 Å². The molecule has 6 heteroatoms. The van der Waals surface area contributed by atoms with Crippen LogP contribution >= 0.6 is 0 Å². The van der Waals surface area contributed by atoms with Gasteiger partial charge in [-0.2, -0.15) is 5.10 Å². The summed E-state index contributed by atoms with van der Waals surface area (Å²) in [7, 11) is 0. The second-order valence-corrected chi connectivity index (χ2v) is 7.44. The Bertz CT molecular complexity index is 985. The van der Waals surface area contributed by atoms with Crippen LogP contribution in [0.2, 0.25) is 0 Å². The highest BCUT2D eigenvalue weighted by atomic mass is 16.5. The van der Waals surface area contributed by atoms with Crippen molar-refractivity contribution in [3.8, 4) is 22.8 Å². The van der Waals surface area contributed by atoms with Crippen LogP contribution in [0.4, 0.5) is 0 Å². The molecule has 3 aromatic rings. The van der Waals surface area contributed by atoms with Crippen LogP contribution in [0.25, 0.3) is 11.3 Å². The van der Waals surface area contributed by atoms with Crippen molar-refractivity contribution in [1.82, 2.24) is 20.8 Å². The zero-order chi connectivity index (χ0) is 18.9. The summed E-state index contributed by atoms with van der Waals surface area (Å²) in [6.45, 7) is 0. The van der Waals surface area contributed by atoms with E-state index in [0.29, 0.717) is 29.2 Å². The van der Waals surface area contributed by atoms with E-state index >= 15 is 0 Å². The smallest absolute Gasteiger partial charge is 0.269 e. The monoisotopic (exact) mass is 374 g/mol. The van der Waals surface area contributed by atoms with E-state index in [9.17, 15) is 4.79 Å². The van der Waals surface area contributed by atoms with Gasteiger partial charge in [-0.25, -0.2) is 0 Å². The summed E-state index contributed by atoms with van der Waals surface area (Å²) in [5.41, 5.74) is 1.98. The summed E-state index contributed by atoms with van der Waals surface area (Å²) in [6.07, 6.45) is 3.35. The van der Waals surface area contributed by atoms with Crippen LogP contribution in [0.5, 0.6) is 11.5 Å². The Hall–Kier alpha value is -3.12. The lowest BCUT2D eigenvalue weighted by atomic mass is 9.95. The van der Waals surface area contributed by atoms with Gasteiger partial charge in [-0.3, -0.25) is 9.89 Å². The van der Waals surface area contributed by atoms with Gasteiger partial charge in [0.2, 0.25) is 0 Å². The maximum absolute atomic E-state index is 12.7. The molecule has 1 aromatic heterocycles. The molecule has 3 heterocycles. The molecular formula is C22H22N4O2. The Morgan fingerprint density at radius 3 is 2.68 bits per heavy atom. The Balaban J connectivity index is 1.34. The number of para-hydroxylation sites is 2. The number of H-pyrrole nitrogens is 1. The minimum absolute atomic E-state index is 0.112. The Morgan fingerprint density at radius 1 is 1.07 bits per heavy atom. The fourth-order valence-electron chi connectivity index (χ4n) is 4.19. The molecule has 5 rings (SSSR count). The van der Waals surface area contributed by atoms with Gasteiger partial charge in [0.05, 0.1) is 5.69 Å². The third kappa shape index (κ3) is 3.27. The number of aromatic nitrogens is 2. The van der Waals surface area contributed by atoms with Gasteiger partial charge in [0.1, 0.15) is 17.2 Å². The van der Waals surface area contributed by atoms with Gasteiger partial charge in [-0.15, -0.1) is 0 Å². The number of hydrogen-bond donors (Lipinski definition) is 3. The van der Waals surface area contributed by atoms with Crippen molar-refractivity contribution in [3.63, 3.8) is 0 Å². The van der Waals surface area contributed by atoms with Crippen LogP contribution in [-0.4, -0.2) is 34.2 Å². The first-order valence-electron chi connectivity index (χ1n) is 9.71. The molecule has 0 saturated carbocycles. The highest BCUT2D eigenvalue weighted by molar-refractivity contribution is 5.93. The molecule has 0 unspecified atom stereocenters.